The van der Waals surface area contributed by atoms with Gasteiger partial charge in [0.15, 0.2) is 11.5 Å². The fourth-order valence-electron chi connectivity index (χ4n) is 1.44. The summed E-state index contributed by atoms with van der Waals surface area (Å²) in [7, 11) is 0. The van der Waals surface area contributed by atoms with Gasteiger partial charge < -0.3 is 9.47 Å². The van der Waals surface area contributed by atoms with Crippen molar-refractivity contribution in [3.63, 3.8) is 0 Å². The van der Waals surface area contributed by atoms with Gasteiger partial charge in [0.25, 0.3) is 0 Å². The summed E-state index contributed by atoms with van der Waals surface area (Å²) >= 11 is 3.15. The van der Waals surface area contributed by atoms with Crippen LogP contribution in [0.15, 0.2) is 18.2 Å². The Bertz CT molecular complexity index is 424. The fourth-order valence-corrected chi connectivity index (χ4v) is 1.80. The van der Waals surface area contributed by atoms with Gasteiger partial charge in [0, 0.05) is 5.56 Å². The van der Waals surface area contributed by atoms with Crippen molar-refractivity contribution in [3.05, 3.63) is 23.8 Å². The minimum absolute atomic E-state index is 0.105. The molecule has 0 aliphatic rings. The zero-order valence-electron chi connectivity index (χ0n) is 9.95. The maximum absolute atomic E-state index is 12.4. The normalized spacial score (nSPS) is 12.3. The molecule has 3 nitrogen and oxygen atoms in total. The van der Waals surface area contributed by atoms with E-state index >= 15 is 0 Å². The van der Waals surface area contributed by atoms with Crippen molar-refractivity contribution in [1.82, 2.24) is 0 Å². The summed E-state index contributed by atoms with van der Waals surface area (Å²) in [4.78, 5) is 10.6. The number of carbonyl (C=O) groups excluding carboxylic acids is 1. The minimum atomic E-state index is -2.97. The van der Waals surface area contributed by atoms with Crippen LogP contribution >= 0.6 is 15.9 Å². The highest BCUT2D eigenvalue weighted by molar-refractivity contribution is 9.09. The van der Waals surface area contributed by atoms with E-state index in [0.29, 0.717) is 12.2 Å². The number of Topliss-reactive ketones (excluding diaryl/α,β-unsaturated/α-hetero) is 1. The molecule has 0 fully saturated rings. The van der Waals surface area contributed by atoms with Crippen LogP contribution in [0.4, 0.5) is 8.78 Å². The number of ketones is 1. The Morgan fingerprint density at radius 2 is 2.11 bits per heavy atom. The third-order valence-corrected chi connectivity index (χ3v) is 3.28. The van der Waals surface area contributed by atoms with Crippen LogP contribution in [0, 0.1) is 0 Å². The predicted molar refractivity (Wildman–Crippen MR) is 66.6 cm³/mol. The number of carbonyl (C=O) groups is 1. The highest BCUT2D eigenvalue weighted by atomic mass is 79.9. The van der Waals surface area contributed by atoms with Gasteiger partial charge in [0.2, 0.25) is 0 Å². The molecular weight excluding hydrogens is 310 g/mol. The molecule has 0 N–H and O–H groups in total. The van der Waals surface area contributed by atoms with E-state index in [-0.39, 0.29) is 17.3 Å². The van der Waals surface area contributed by atoms with Gasteiger partial charge in [-0.15, -0.1) is 0 Å². The lowest BCUT2D eigenvalue weighted by Gasteiger charge is -2.17. The van der Waals surface area contributed by atoms with Gasteiger partial charge in [-0.1, -0.05) is 28.1 Å². The van der Waals surface area contributed by atoms with Gasteiger partial charge in [0.1, 0.15) is 10.6 Å². The Labute approximate surface area is 112 Å². The number of rotatable bonds is 6. The molecule has 0 heterocycles. The summed E-state index contributed by atoms with van der Waals surface area (Å²) in [6.45, 7) is 0.432. The second-order valence-corrected chi connectivity index (χ2v) is 4.37. The quantitative estimate of drug-likeness (QED) is 0.749. The van der Waals surface area contributed by atoms with Crippen molar-refractivity contribution in [2.75, 3.05) is 6.61 Å². The lowest BCUT2D eigenvalue weighted by Crippen LogP contribution is -2.10. The Balaban J connectivity index is 3.22. The van der Waals surface area contributed by atoms with Crippen LogP contribution in [0.3, 0.4) is 0 Å². The standard InChI is InChI=1S/C12H13BrF2O3/c1-3-17-9-6-4-5-8(10(13)7(2)16)11(9)18-12(14)15/h4-6,10,12H,3H2,1-2H3. The molecular formula is C12H13BrF2O3. The maximum Gasteiger partial charge on any atom is 0.387 e. The van der Waals surface area contributed by atoms with Crippen LogP contribution in [0.1, 0.15) is 24.2 Å². The molecule has 0 amide bonds. The van der Waals surface area contributed by atoms with Crippen LogP contribution in [0.25, 0.3) is 0 Å². The van der Waals surface area contributed by atoms with Crippen molar-refractivity contribution in [3.8, 4) is 11.5 Å². The number of halogens is 3. The molecule has 0 aliphatic carbocycles. The van der Waals surface area contributed by atoms with E-state index < -0.39 is 11.4 Å². The Kier molecular flexibility index (Phi) is 5.53. The lowest BCUT2D eigenvalue weighted by molar-refractivity contribution is -0.116. The molecule has 0 saturated carbocycles. The fraction of sp³-hybridized carbons (Fsp3) is 0.417. The van der Waals surface area contributed by atoms with Crippen molar-refractivity contribution in [2.45, 2.75) is 25.3 Å². The van der Waals surface area contributed by atoms with Crippen LogP contribution < -0.4 is 9.47 Å². The second-order valence-electron chi connectivity index (χ2n) is 3.46. The molecule has 0 aliphatic heterocycles. The molecule has 1 aromatic carbocycles. The van der Waals surface area contributed by atoms with E-state index in [0.717, 1.165) is 0 Å². The van der Waals surface area contributed by atoms with Crippen molar-refractivity contribution < 1.29 is 23.0 Å². The Hall–Kier alpha value is -1.17. The zero-order chi connectivity index (χ0) is 13.7. The summed E-state index contributed by atoms with van der Waals surface area (Å²) in [6, 6.07) is 4.68. The van der Waals surface area contributed by atoms with Crippen molar-refractivity contribution in [1.29, 1.82) is 0 Å². The summed E-state index contributed by atoms with van der Waals surface area (Å²) in [5.74, 6) is -0.116. The smallest absolute Gasteiger partial charge is 0.387 e. The third kappa shape index (κ3) is 3.66. The third-order valence-electron chi connectivity index (χ3n) is 2.15. The first-order valence-corrected chi connectivity index (χ1v) is 6.24. The number of para-hydroxylation sites is 1. The number of benzene rings is 1. The van der Waals surface area contributed by atoms with Gasteiger partial charge in [-0.3, -0.25) is 4.79 Å². The molecule has 0 saturated heterocycles. The molecule has 0 radical (unpaired) electrons. The van der Waals surface area contributed by atoms with Crippen LogP contribution in [-0.4, -0.2) is 19.0 Å². The lowest BCUT2D eigenvalue weighted by atomic mass is 10.1. The van der Waals surface area contributed by atoms with Crippen LogP contribution in [0.5, 0.6) is 11.5 Å². The Morgan fingerprint density at radius 1 is 1.44 bits per heavy atom. The molecule has 1 unspecified atom stereocenters. The SMILES string of the molecule is CCOc1cccc(C(Br)C(C)=O)c1OC(F)F. The van der Waals surface area contributed by atoms with Gasteiger partial charge in [0.05, 0.1) is 6.61 Å². The van der Waals surface area contributed by atoms with Gasteiger partial charge >= 0.3 is 6.61 Å². The molecule has 100 valence electrons. The van der Waals surface area contributed by atoms with Gasteiger partial charge in [-0.05, 0) is 19.9 Å². The van der Waals surface area contributed by atoms with Crippen LogP contribution in [0.2, 0.25) is 0 Å². The van der Waals surface area contributed by atoms with Gasteiger partial charge in [-0.25, -0.2) is 0 Å². The Morgan fingerprint density at radius 3 is 2.61 bits per heavy atom. The molecule has 6 heteroatoms. The van der Waals surface area contributed by atoms with E-state index in [1.807, 2.05) is 0 Å². The van der Waals surface area contributed by atoms with Crippen LogP contribution in [-0.2, 0) is 4.79 Å². The molecule has 1 aromatic rings. The van der Waals surface area contributed by atoms with E-state index in [1.54, 1.807) is 19.1 Å². The van der Waals surface area contributed by atoms with Crippen molar-refractivity contribution in [2.24, 2.45) is 0 Å². The summed E-state index contributed by atoms with van der Waals surface area (Å²) in [6.07, 6.45) is 0. The number of ether oxygens (including phenoxy) is 2. The predicted octanol–water partition coefficient (Wildman–Crippen LogP) is 3.71. The molecule has 18 heavy (non-hydrogen) atoms. The second kappa shape index (κ2) is 6.68. The van der Waals surface area contributed by atoms with Gasteiger partial charge in [-0.2, -0.15) is 8.78 Å². The average molecular weight is 323 g/mol. The topological polar surface area (TPSA) is 35.5 Å². The zero-order valence-corrected chi connectivity index (χ0v) is 11.5. The molecule has 1 rings (SSSR count). The first-order chi connectivity index (χ1) is 8.47. The first kappa shape index (κ1) is 14.9. The minimum Gasteiger partial charge on any atom is -0.490 e. The van der Waals surface area contributed by atoms with Crippen molar-refractivity contribution >= 4 is 21.7 Å². The number of hydrogen-bond acceptors (Lipinski definition) is 3. The maximum atomic E-state index is 12.4. The highest BCUT2D eigenvalue weighted by Crippen LogP contribution is 2.39. The average Bonchev–Trinajstić information content (AvgIpc) is 2.30. The largest absolute Gasteiger partial charge is 0.490 e. The highest BCUT2D eigenvalue weighted by Gasteiger charge is 2.22. The monoisotopic (exact) mass is 322 g/mol. The molecule has 0 bridgehead atoms. The molecule has 0 aromatic heterocycles. The van der Waals surface area contributed by atoms with E-state index in [4.69, 9.17) is 4.74 Å². The van der Waals surface area contributed by atoms with E-state index in [9.17, 15) is 13.6 Å². The number of alkyl halides is 3. The summed E-state index contributed by atoms with van der Waals surface area (Å²) in [5, 5.41) is 0. The van der Waals surface area contributed by atoms with E-state index in [2.05, 4.69) is 20.7 Å². The molecule has 0 spiro atoms. The van der Waals surface area contributed by atoms with E-state index in [1.165, 1.54) is 13.0 Å². The molecule has 1 atom stereocenters. The first-order valence-electron chi connectivity index (χ1n) is 5.32. The summed E-state index contributed by atoms with van der Waals surface area (Å²) in [5.41, 5.74) is 0.328. The summed E-state index contributed by atoms with van der Waals surface area (Å²) < 4.78 is 34.5. The number of hydrogen-bond donors (Lipinski definition) is 0.